The largest absolute Gasteiger partial charge is 0.478 e. The summed E-state index contributed by atoms with van der Waals surface area (Å²) in [7, 11) is 1.57. The number of ether oxygens (including phenoxy) is 1. The molecule has 0 unspecified atom stereocenters. The van der Waals surface area contributed by atoms with E-state index in [4.69, 9.17) is 16.3 Å². The second-order valence-corrected chi connectivity index (χ2v) is 7.08. The molecule has 2 aromatic rings. The summed E-state index contributed by atoms with van der Waals surface area (Å²) in [4.78, 5) is 26.2. The Balaban J connectivity index is 1.95. The fourth-order valence-corrected chi connectivity index (χ4v) is 2.55. The Morgan fingerprint density at radius 3 is 2.23 bits per heavy atom. The summed E-state index contributed by atoms with van der Waals surface area (Å²) >= 11 is 5.85. The molecular weight excluding hydrogens is 352 g/mol. The molecule has 26 heavy (non-hydrogen) atoms. The summed E-state index contributed by atoms with van der Waals surface area (Å²) in [5.41, 5.74) is 0.682. The smallest absolute Gasteiger partial charge is 0.266 e. The van der Waals surface area contributed by atoms with E-state index in [-0.39, 0.29) is 18.4 Å². The van der Waals surface area contributed by atoms with E-state index in [9.17, 15) is 9.59 Å². The maximum absolute atomic E-state index is 12.7. The van der Waals surface area contributed by atoms with E-state index in [1.165, 1.54) is 4.90 Å². The molecule has 6 heteroatoms. The molecule has 0 saturated carbocycles. The van der Waals surface area contributed by atoms with Crippen LogP contribution in [0.5, 0.6) is 5.75 Å². The van der Waals surface area contributed by atoms with E-state index in [1.54, 1.807) is 45.2 Å². The third kappa shape index (κ3) is 5.49. The van der Waals surface area contributed by atoms with E-state index in [0.29, 0.717) is 16.5 Å². The second-order valence-electron chi connectivity index (χ2n) is 6.64. The fraction of sp³-hybridized carbons (Fsp3) is 0.300. The number of rotatable bonds is 6. The molecule has 0 spiro atoms. The van der Waals surface area contributed by atoms with Gasteiger partial charge in [-0.2, -0.15) is 0 Å². The monoisotopic (exact) mass is 374 g/mol. The van der Waals surface area contributed by atoms with Crippen LogP contribution in [0.2, 0.25) is 5.02 Å². The zero-order valence-electron chi connectivity index (χ0n) is 15.4. The number of nitrogens with zero attached hydrogens (tertiary/aromatic N) is 1. The number of carbonyl (C=O) groups excluding carboxylic acids is 2. The van der Waals surface area contributed by atoms with Crippen molar-refractivity contribution >= 4 is 29.1 Å². The average Bonchev–Trinajstić information content (AvgIpc) is 2.58. The highest BCUT2D eigenvalue weighted by Crippen LogP contribution is 2.22. The number of amides is 2. The summed E-state index contributed by atoms with van der Waals surface area (Å²) in [6, 6.07) is 14.2. The molecule has 0 aromatic heterocycles. The molecule has 0 bridgehead atoms. The van der Waals surface area contributed by atoms with Gasteiger partial charge in [-0.3, -0.25) is 9.59 Å². The minimum absolute atomic E-state index is 0.0693. The average molecular weight is 375 g/mol. The van der Waals surface area contributed by atoms with Gasteiger partial charge in [0.05, 0.1) is 6.54 Å². The zero-order valence-corrected chi connectivity index (χ0v) is 16.1. The minimum atomic E-state index is -1.12. The fourth-order valence-electron chi connectivity index (χ4n) is 2.43. The van der Waals surface area contributed by atoms with Crippen LogP contribution in [0.1, 0.15) is 19.4 Å². The highest BCUT2D eigenvalue weighted by atomic mass is 35.5. The van der Waals surface area contributed by atoms with Gasteiger partial charge in [-0.1, -0.05) is 29.3 Å². The Labute approximate surface area is 158 Å². The van der Waals surface area contributed by atoms with Crippen LogP contribution in [0.4, 0.5) is 5.69 Å². The number of benzene rings is 2. The van der Waals surface area contributed by atoms with Gasteiger partial charge in [-0.25, -0.2) is 0 Å². The van der Waals surface area contributed by atoms with Crippen molar-refractivity contribution in [3.8, 4) is 5.75 Å². The lowest BCUT2D eigenvalue weighted by molar-refractivity contribution is -0.145. The maximum Gasteiger partial charge on any atom is 0.266 e. The third-order valence-corrected chi connectivity index (χ3v) is 4.02. The number of likely N-dealkylation sites (N-methyl/N-ethyl adjacent to an activating group) is 1. The topological polar surface area (TPSA) is 58.6 Å². The predicted molar refractivity (Wildman–Crippen MR) is 104 cm³/mol. The molecule has 0 aliphatic carbocycles. The van der Waals surface area contributed by atoms with Gasteiger partial charge < -0.3 is 15.0 Å². The Hall–Kier alpha value is -2.53. The van der Waals surface area contributed by atoms with Crippen molar-refractivity contribution in [2.75, 3.05) is 18.9 Å². The number of anilines is 1. The number of nitrogens with one attached hydrogen (secondary N) is 1. The minimum Gasteiger partial charge on any atom is -0.478 e. The summed E-state index contributed by atoms with van der Waals surface area (Å²) in [6.07, 6.45) is 0. The van der Waals surface area contributed by atoms with Gasteiger partial charge in [-0.05, 0) is 57.2 Å². The van der Waals surface area contributed by atoms with Crippen molar-refractivity contribution in [1.29, 1.82) is 0 Å². The molecule has 138 valence electrons. The van der Waals surface area contributed by atoms with E-state index in [2.05, 4.69) is 5.32 Å². The third-order valence-electron chi connectivity index (χ3n) is 3.76. The molecule has 2 aromatic carbocycles. The number of hydrogen-bond donors (Lipinski definition) is 1. The molecule has 5 nitrogen and oxygen atoms in total. The van der Waals surface area contributed by atoms with Crippen molar-refractivity contribution < 1.29 is 14.3 Å². The van der Waals surface area contributed by atoms with Gasteiger partial charge in [0, 0.05) is 17.8 Å². The summed E-state index contributed by atoms with van der Waals surface area (Å²) in [5, 5.41) is 3.36. The van der Waals surface area contributed by atoms with Gasteiger partial charge in [0.25, 0.3) is 5.91 Å². The van der Waals surface area contributed by atoms with Crippen molar-refractivity contribution in [3.63, 3.8) is 0 Å². The normalized spacial score (nSPS) is 11.0. The first-order valence-corrected chi connectivity index (χ1v) is 8.62. The van der Waals surface area contributed by atoms with Crippen molar-refractivity contribution in [1.82, 2.24) is 4.90 Å². The molecular formula is C20H23ClN2O3. The molecule has 0 aliphatic heterocycles. The number of halogens is 1. The summed E-state index contributed by atoms with van der Waals surface area (Å²) in [6.45, 7) is 5.23. The number of hydrogen-bond acceptors (Lipinski definition) is 3. The molecule has 0 heterocycles. The molecule has 2 rings (SSSR count). The molecule has 0 fully saturated rings. The van der Waals surface area contributed by atoms with Crippen molar-refractivity contribution in [2.24, 2.45) is 0 Å². The van der Waals surface area contributed by atoms with Gasteiger partial charge in [0.15, 0.2) is 5.60 Å². The van der Waals surface area contributed by atoms with E-state index >= 15 is 0 Å². The molecule has 0 saturated heterocycles. The van der Waals surface area contributed by atoms with Crippen molar-refractivity contribution in [3.05, 3.63) is 59.1 Å². The maximum atomic E-state index is 12.7. The van der Waals surface area contributed by atoms with Gasteiger partial charge in [0.1, 0.15) is 5.75 Å². The molecule has 2 amide bonds. The van der Waals surface area contributed by atoms with E-state index < -0.39 is 5.60 Å². The Morgan fingerprint density at radius 1 is 1.08 bits per heavy atom. The molecule has 0 radical (unpaired) electrons. The van der Waals surface area contributed by atoms with Crippen LogP contribution in [0.15, 0.2) is 48.5 Å². The second kappa shape index (κ2) is 8.23. The lowest BCUT2D eigenvalue weighted by atomic mass is 10.1. The highest BCUT2D eigenvalue weighted by Gasteiger charge is 2.33. The summed E-state index contributed by atoms with van der Waals surface area (Å²) < 4.78 is 5.77. The quantitative estimate of drug-likeness (QED) is 0.834. The first-order chi connectivity index (χ1) is 12.2. The number of carbonyl (C=O) groups is 2. The van der Waals surface area contributed by atoms with Crippen LogP contribution in [-0.4, -0.2) is 35.9 Å². The van der Waals surface area contributed by atoms with Crippen LogP contribution in [0, 0.1) is 6.92 Å². The van der Waals surface area contributed by atoms with Crippen LogP contribution in [-0.2, 0) is 9.59 Å². The zero-order chi connectivity index (χ0) is 19.3. The standard InChI is InChI=1S/C20H23ClN2O3/c1-14-5-9-16(10-6-14)22-18(24)13-23(4)19(25)20(2,3)26-17-11-7-15(21)8-12-17/h5-12H,13H2,1-4H3,(H,22,24). The van der Waals surface area contributed by atoms with E-state index in [1.807, 2.05) is 31.2 Å². The number of aryl methyl sites for hydroxylation is 1. The van der Waals surface area contributed by atoms with Crippen LogP contribution >= 0.6 is 11.6 Å². The van der Waals surface area contributed by atoms with Crippen molar-refractivity contribution in [2.45, 2.75) is 26.4 Å². The SMILES string of the molecule is Cc1ccc(NC(=O)CN(C)C(=O)C(C)(C)Oc2ccc(Cl)cc2)cc1. The van der Waals surface area contributed by atoms with Gasteiger partial charge >= 0.3 is 0 Å². The Morgan fingerprint density at radius 2 is 1.65 bits per heavy atom. The van der Waals surface area contributed by atoms with Crippen LogP contribution < -0.4 is 10.1 Å². The van der Waals surface area contributed by atoms with Gasteiger partial charge in [0.2, 0.25) is 5.91 Å². The molecule has 0 aliphatic rings. The molecule has 1 N–H and O–H groups in total. The van der Waals surface area contributed by atoms with Crippen LogP contribution in [0.3, 0.4) is 0 Å². The highest BCUT2D eigenvalue weighted by molar-refractivity contribution is 6.30. The first kappa shape index (κ1) is 19.8. The lowest BCUT2D eigenvalue weighted by Gasteiger charge is -2.29. The Kier molecular flexibility index (Phi) is 6.27. The summed E-state index contributed by atoms with van der Waals surface area (Å²) in [5.74, 6) is -0.0382. The first-order valence-electron chi connectivity index (χ1n) is 8.24. The molecule has 0 atom stereocenters. The lowest BCUT2D eigenvalue weighted by Crippen LogP contribution is -2.49. The van der Waals surface area contributed by atoms with E-state index in [0.717, 1.165) is 5.56 Å². The predicted octanol–water partition coefficient (Wildman–Crippen LogP) is 3.90. The Bertz CT molecular complexity index is 771. The van der Waals surface area contributed by atoms with Gasteiger partial charge in [-0.15, -0.1) is 0 Å². The van der Waals surface area contributed by atoms with Crippen LogP contribution in [0.25, 0.3) is 0 Å².